The van der Waals surface area contributed by atoms with Gasteiger partial charge in [0, 0.05) is 11.1 Å². The van der Waals surface area contributed by atoms with Gasteiger partial charge < -0.3 is 24.3 Å². The summed E-state index contributed by atoms with van der Waals surface area (Å²) in [4.78, 5) is 14.2. The molecule has 1 aliphatic rings. The van der Waals surface area contributed by atoms with Crippen molar-refractivity contribution < 1.29 is 23.5 Å². The Morgan fingerprint density at radius 3 is 2.85 bits per heavy atom. The normalized spacial score (nSPS) is 16.6. The Morgan fingerprint density at radius 1 is 1.21 bits per heavy atom. The molecule has 0 aliphatic carbocycles. The van der Waals surface area contributed by atoms with Gasteiger partial charge in [0.05, 0.1) is 18.4 Å². The van der Waals surface area contributed by atoms with Gasteiger partial charge in [-0.05, 0) is 36.1 Å². The van der Waals surface area contributed by atoms with E-state index in [9.17, 15) is 14.5 Å². The van der Waals surface area contributed by atoms with E-state index in [0.717, 1.165) is 0 Å². The third kappa shape index (κ3) is 4.37. The fourth-order valence-corrected chi connectivity index (χ4v) is 3.51. The van der Waals surface area contributed by atoms with Gasteiger partial charge in [0.2, 0.25) is 0 Å². The lowest BCUT2D eigenvalue weighted by Crippen LogP contribution is -2.38. The number of imidazole rings is 1. The molecule has 3 heterocycles. The van der Waals surface area contributed by atoms with E-state index in [1.54, 1.807) is 45.8 Å². The summed E-state index contributed by atoms with van der Waals surface area (Å²) in [6, 6.07) is 13.6. The number of halogens is 1. The average Bonchev–Trinajstić information content (AvgIpc) is 3.51. The molecule has 2 aromatic carbocycles. The Bertz CT molecular complexity index is 1330. The summed E-state index contributed by atoms with van der Waals surface area (Å²) in [6.45, 7) is 2.49. The molecule has 0 spiro atoms. The first-order valence-electron chi connectivity index (χ1n) is 10.3. The molecule has 2 aromatic heterocycles. The Hall–Kier alpha value is -4.48. The highest BCUT2D eigenvalue weighted by molar-refractivity contribution is 5.38. The van der Waals surface area contributed by atoms with Crippen LogP contribution in [0, 0.1) is 15.9 Å². The molecule has 4 aromatic rings. The number of nitrogens with zero attached hydrogens (tertiary/aromatic N) is 6. The maximum atomic E-state index is 13.7. The van der Waals surface area contributed by atoms with Gasteiger partial charge >= 0.3 is 11.8 Å². The van der Waals surface area contributed by atoms with Crippen LogP contribution in [-0.2, 0) is 13.2 Å². The number of rotatable bonds is 8. The molecule has 174 valence electrons. The van der Waals surface area contributed by atoms with E-state index in [2.05, 4.69) is 15.3 Å². The zero-order chi connectivity index (χ0) is 23.7. The first-order chi connectivity index (χ1) is 16.4. The van der Waals surface area contributed by atoms with Crippen molar-refractivity contribution >= 4 is 5.82 Å². The number of aromatic nitrogens is 5. The molecular formula is C22H19FN6O5. The molecule has 0 fully saturated rings. The minimum absolute atomic E-state index is 0.0693. The van der Waals surface area contributed by atoms with Crippen molar-refractivity contribution in [3.8, 4) is 23.2 Å². The molecule has 0 unspecified atom stereocenters. The number of fused-ring (bicyclic) bond motifs is 1. The highest BCUT2D eigenvalue weighted by Crippen LogP contribution is 2.31. The van der Waals surface area contributed by atoms with Gasteiger partial charge in [0.15, 0.2) is 17.2 Å². The first-order valence-corrected chi connectivity index (χ1v) is 10.3. The molecule has 0 amide bonds. The number of ether oxygens (including phenoxy) is 3. The second kappa shape index (κ2) is 8.46. The van der Waals surface area contributed by atoms with Crippen LogP contribution in [0.3, 0.4) is 0 Å². The van der Waals surface area contributed by atoms with Crippen molar-refractivity contribution in [1.29, 1.82) is 0 Å². The Labute approximate surface area is 192 Å². The van der Waals surface area contributed by atoms with Gasteiger partial charge in [-0.25, -0.2) is 9.07 Å². The minimum Gasteiger partial charge on any atom is -0.489 e. The van der Waals surface area contributed by atoms with Gasteiger partial charge in [-0.15, -0.1) is 5.10 Å². The highest BCUT2D eigenvalue weighted by atomic mass is 19.1. The summed E-state index contributed by atoms with van der Waals surface area (Å²) in [5.74, 6) is 0.0303. The number of hydrogen-bond acceptors (Lipinski definition) is 8. The van der Waals surface area contributed by atoms with Crippen LogP contribution >= 0.6 is 0 Å². The smallest absolute Gasteiger partial charge is 0.415 e. The topological polar surface area (TPSA) is 119 Å². The van der Waals surface area contributed by atoms with Crippen LogP contribution in [0.2, 0.25) is 0 Å². The second-order valence-electron chi connectivity index (χ2n) is 7.98. The van der Waals surface area contributed by atoms with Crippen molar-refractivity contribution in [2.75, 3.05) is 6.61 Å². The standard InChI is InChI=1S/C22H19FN6O5/c1-22(13-27-11-20(29(30)31)24-21(27)34-22)14-33-17-6-4-5-16(9-17)28-10-15(25-26-28)12-32-19-8-3-2-7-18(19)23/h2-11H,12-14H2,1H3/t22-/m1/s1. The van der Waals surface area contributed by atoms with E-state index < -0.39 is 16.3 Å². The van der Waals surface area contributed by atoms with Gasteiger partial charge in [-0.1, -0.05) is 23.4 Å². The van der Waals surface area contributed by atoms with E-state index in [-0.39, 0.29) is 30.8 Å². The number of benzene rings is 2. The molecule has 5 rings (SSSR count). The van der Waals surface area contributed by atoms with Gasteiger partial charge in [0.1, 0.15) is 30.9 Å². The Balaban J connectivity index is 1.21. The molecule has 0 saturated carbocycles. The number of para-hydroxylation sites is 1. The molecule has 0 N–H and O–H groups in total. The van der Waals surface area contributed by atoms with E-state index in [4.69, 9.17) is 14.2 Å². The van der Waals surface area contributed by atoms with Gasteiger partial charge in [0.25, 0.3) is 0 Å². The summed E-state index contributed by atoms with van der Waals surface area (Å²) in [7, 11) is 0. The van der Waals surface area contributed by atoms with Crippen LogP contribution in [-0.4, -0.2) is 41.7 Å². The molecule has 0 radical (unpaired) electrons. The molecular weight excluding hydrogens is 447 g/mol. The van der Waals surface area contributed by atoms with E-state index in [0.29, 0.717) is 23.7 Å². The molecule has 0 saturated heterocycles. The predicted molar refractivity (Wildman–Crippen MR) is 116 cm³/mol. The fourth-order valence-electron chi connectivity index (χ4n) is 3.51. The van der Waals surface area contributed by atoms with Gasteiger partial charge in [-0.3, -0.25) is 4.57 Å². The van der Waals surface area contributed by atoms with Crippen molar-refractivity contribution in [1.82, 2.24) is 24.5 Å². The third-order valence-corrected chi connectivity index (χ3v) is 5.14. The summed E-state index contributed by atoms with van der Waals surface area (Å²) in [5, 5.41) is 19.0. The highest BCUT2D eigenvalue weighted by Gasteiger charge is 2.41. The predicted octanol–water partition coefficient (Wildman–Crippen LogP) is 3.32. The maximum absolute atomic E-state index is 13.7. The lowest BCUT2D eigenvalue weighted by Gasteiger charge is -2.22. The van der Waals surface area contributed by atoms with Crippen molar-refractivity contribution in [2.24, 2.45) is 0 Å². The van der Waals surface area contributed by atoms with Crippen molar-refractivity contribution in [2.45, 2.75) is 25.7 Å². The Kier molecular flexibility index (Phi) is 5.32. The molecule has 34 heavy (non-hydrogen) atoms. The summed E-state index contributed by atoms with van der Waals surface area (Å²) in [5.41, 5.74) is 0.519. The number of hydrogen-bond donors (Lipinski definition) is 0. The summed E-state index contributed by atoms with van der Waals surface area (Å²) >= 11 is 0. The molecule has 12 heteroatoms. The summed E-state index contributed by atoms with van der Waals surface area (Å²) < 4.78 is 34.1. The fraction of sp³-hybridized carbons (Fsp3) is 0.227. The Morgan fingerprint density at radius 2 is 2.06 bits per heavy atom. The van der Waals surface area contributed by atoms with Crippen molar-refractivity contribution in [3.63, 3.8) is 0 Å². The molecule has 1 aliphatic heterocycles. The van der Waals surface area contributed by atoms with Crippen LogP contribution in [0.4, 0.5) is 10.2 Å². The third-order valence-electron chi connectivity index (χ3n) is 5.14. The van der Waals surface area contributed by atoms with E-state index in [1.807, 2.05) is 19.1 Å². The minimum atomic E-state index is -0.724. The first kappa shape index (κ1) is 21.4. The SMILES string of the molecule is C[C@]1(COc2cccc(-n3cc(COc4ccccc4F)nn3)c2)Cn2cc([N+](=O)[O-])nc2O1. The molecule has 0 bridgehead atoms. The quantitative estimate of drug-likeness (QED) is 0.287. The van der Waals surface area contributed by atoms with Crippen LogP contribution in [0.5, 0.6) is 17.5 Å². The lowest BCUT2D eigenvalue weighted by molar-refractivity contribution is -0.389. The average molecular weight is 466 g/mol. The zero-order valence-corrected chi connectivity index (χ0v) is 18.0. The zero-order valence-electron chi connectivity index (χ0n) is 18.0. The van der Waals surface area contributed by atoms with E-state index in [1.165, 1.54) is 12.3 Å². The van der Waals surface area contributed by atoms with Crippen molar-refractivity contribution in [3.05, 3.63) is 82.6 Å². The monoisotopic (exact) mass is 466 g/mol. The number of nitro groups is 1. The molecule has 11 nitrogen and oxygen atoms in total. The van der Waals surface area contributed by atoms with Crippen LogP contribution < -0.4 is 14.2 Å². The maximum Gasteiger partial charge on any atom is 0.415 e. The van der Waals surface area contributed by atoms with Gasteiger partial charge in [-0.2, -0.15) is 0 Å². The molecule has 1 atom stereocenters. The largest absolute Gasteiger partial charge is 0.489 e. The van der Waals surface area contributed by atoms with Crippen LogP contribution in [0.15, 0.2) is 60.9 Å². The summed E-state index contributed by atoms with van der Waals surface area (Å²) in [6.07, 6.45) is 3.03. The van der Waals surface area contributed by atoms with E-state index >= 15 is 0 Å². The second-order valence-corrected chi connectivity index (χ2v) is 7.98. The van der Waals surface area contributed by atoms with Crippen LogP contribution in [0.25, 0.3) is 5.69 Å². The lowest BCUT2D eigenvalue weighted by atomic mass is 10.1. The van der Waals surface area contributed by atoms with Crippen LogP contribution in [0.1, 0.15) is 12.6 Å².